The van der Waals surface area contributed by atoms with Crippen molar-refractivity contribution in [3.8, 4) is 0 Å². The summed E-state index contributed by atoms with van der Waals surface area (Å²) < 4.78 is 0. The minimum absolute atomic E-state index is 0.276. The average molecular weight is 436 g/mol. The van der Waals surface area contributed by atoms with Crippen molar-refractivity contribution in [1.29, 1.82) is 0 Å². The van der Waals surface area contributed by atoms with Gasteiger partial charge in [0, 0.05) is 17.7 Å². The van der Waals surface area contributed by atoms with Crippen molar-refractivity contribution in [3.05, 3.63) is 11.6 Å². The van der Waals surface area contributed by atoms with E-state index in [4.69, 9.17) is 4.84 Å². The van der Waals surface area contributed by atoms with Gasteiger partial charge in [-0.05, 0) is 86.5 Å². The molecule has 0 unspecified atom stereocenters. The van der Waals surface area contributed by atoms with Crippen molar-refractivity contribution < 1.29 is 9.63 Å². The second-order valence-corrected chi connectivity index (χ2v) is 10.7. The molecule has 6 atom stereocenters. The van der Waals surface area contributed by atoms with Crippen LogP contribution in [0.15, 0.2) is 16.8 Å². The first-order valence-electron chi connectivity index (χ1n) is 10.9. The Morgan fingerprint density at radius 1 is 1.19 bits per heavy atom. The smallest absolute Gasteiger partial charge is 0.155 e. The normalized spacial score (nSPS) is 44.2. The Balaban J connectivity index is 1.56. The topological polar surface area (TPSA) is 38.7 Å². The molecule has 0 amide bonds. The number of allylic oxidation sites excluding steroid dienone is 1. The maximum absolute atomic E-state index is 12.0. The van der Waals surface area contributed by atoms with E-state index < -0.39 is 0 Å². The fourth-order valence-corrected chi connectivity index (χ4v) is 7.64. The number of rotatable bonds is 4. The summed E-state index contributed by atoms with van der Waals surface area (Å²) in [4.78, 5) is 17.5. The van der Waals surface area contributed by atoms with Crippen molar-refractivity contribution >= 4 is 27.4 Å². The molecule has 0 spiro atoms. The minimum Gasteiger partial charge on any atom is -0.395 e. The van der Waals surface area contributed by atoms with Crippen molar-refractivity contribution in [1.82, 2.24) is 0 Å². The van der Waals surface area contributed by atoms with Gasteiger partial charge in [-0.2, -0.15) is 0 Å². The molecular formula is C23H34BrNO2. The highest BCUT2D eigenvalue weighted by Crippen LogP contribution is 2.66. The van der Waals surface area contributed by atoms with Crippen LogP contribution in [0.25, 0.3) is 0 Å². The number of ketones is 1. The zero-order valence-corrected chi connectivity index (χ0v) is 18.7. The zero-order chi connectivity index (χ0) is 19.2. The molecule has 4 aliphatic carbocycles. The Morgan fingerprint density at radius 2 is 2.00 bits per heavy atom. The maximum Gasteiger partial charge on any atom is 0.155 e. The van der Waals surface area contributed by atoms with Gasteiger partial charge in [0.15, 0.2) is 5.78 Å². The predicted octanol–water partition coefficient (Wildman–Crippen LogP) is 5.92. The molecule has 0 heterocycles. The molecule has 3 fully saturated rings. The van der Waals surface area contributed by atoms with Gasteiger partial charge < -0.3 is 4.84 Å². The summed E-state index contributed by atoms with van der Waals surface area (Å²) in [7, 11) is 0. The van der Waals surface area contributed by atoms with Gasteiger partial charge in [0.1, 0.15) is 6.61 Å². The molecule has 27 heavy (non-hydrogen) atoms. The van der Waals surface area contributed by atoms with Crippen LogP contribution in [0.1, 0.15) is 72.1 Å². The Kier molecular flexibility index (Phi) is 5.33. The van der Waals surface area contributed by atoms with Crippen LogP contribution in [-0.2, 0) is 9.63 Å². The molecule has 4 heteroatoms. The lowest BCUT2D eigenvalue weighted by Crippen LogP contribution is -2.51. The second-order valence-electron chi connectivity index (χ2n) is 9.90. The molecule has 0 aromatic heterocycles. The van der Waals surface area contributed by atoms with Crippen LogP contribution in [0.5, 0.6) is 0 Å². The number of carbonyl (C=O) groups is 1. The molecule has 0 bridgehead atoms. The van der Waals surface area contributed by atoms with Crippen LogP contribution in [0.4, 0.5) is 0 Å². The van der Waals surface area contributed by atoms with E-state index in [0.717, 1.165) is 42.3 Å². The molecule has 0 aliphatic heterocycles. The minimum atomic E-state index is 0.276. The quantitative estimate of drug-likeness (QED) is 0.237. The summed E-state index contributed by atoms with van der Waals surface area (Å²) in [6.07, 6.45) is 11.5. The fourth-order valence-electron chi connectivity index (χ4n) is 7.49. The summed E-state index contributed by atoms with van der Waals surface area (Å²) in [6.45, 7) is 7.82. The molecular weight excluding hydrogens is 402 g/mol. The van der Waals surface area contributed by atoms with Gasteiger partial charge in [-0.15, -0.1) is 0 Å². The Bertz CT molecular complexity index is 671. The fraction of sp³-hybridized carbons (Fsp3) is 0.826. The average Bonchev–Trinajstić information content (AvgIpc) is 3.00. The van der Waals surface area contributed by atoms with E-state index in [0.29, 0.717) is 23.7 Å². The number of alkyl halides is 1. The number of hydrogen-bond donors (Lipinski definition) is 0. The van der Waals surface area contributed by atoms with Crippen molar-refractivity contribution in [2.75, 3.05) is 11.9 Å². The number of carbonyl (C=O) groups excluding carboxylic acids is 1. The number of halogens is 1. The van der Waals surface area contributed by atoms with Crippen LogP contribution in [0.2, 0.25) is 0 Å². The molecule has 3 saturated carbocycles. The number of hydrogen-bond acceptors (Lipinski definition) is 3. The van der Waals surface area contributed by atoms with Gasteiger partial charge in [0.2, 0.25) is 0 Å². The summed E-state index contributed by atoms with van der Waals surface area (Å²) in [5.41, 5.74) is 3.32. The van der Waals surface area contributed by atoms with Crippen LogP contribution >= 0.6 is 15.9 Å². The van der Waals surface area contributed by atoms with Gasteiger partial charge in [0.25, 0.3) is 0 Å². The monoisotopic (exact) mass is 435 g/mol. The van der Waals surface area contributed by atoms with Crippen LogP contribution in [-0.4, -0.2) is 23.4 Å². The predicted molar refractivity (Wildman–Crippen MR) is 113 cm³/mol. The molecule has 0 aromatic rings. The summed E-state index contributed by atoms with van der Waals surface area (Å²) in [5, 5.41) is 5.29. The third kappa shape index (κ3) is 3.14. The standard InChI is InChI=1S/C23H34BrNO2/c1-15(25-27-13-12-24)19-6-7-20-18-5-4-16-14-17(26)8-10-22(16,2)21(18)9-11-23(19,20)3/h14,18-21H,4-13H2,1-3H3/b25-15+/t18-,19+,20-,21-,22-,23+/m0/s1. The molecule has 150 valence electrons. The third-order valence-electron chi connectivity index (χ3n) is 8.84. The van der Waals surface area contributed by atoms with Crippen LogP contribution < -0.4 is 0 Å². The lowest BCUT2D eigenvalue weighted by Gasteiger charge is -2.58. The summed E-state index contributed by atoms with van der Waals surface area (Å²) in [6, 6.07) is 0. The van der Waals surface area contributed by atoms with E-state index in [1.165, 1.54) is 43.4 Å². The van der Waals surface area contributed by atoms with E-state index in [2.05, 4.69) is 41.9 Å². The summed E-state index contributed by atoms with van der Waals surface area (Å²) >= 11 is 3.40. The largest absolute Gasteiger partial charge is 0.395 e. The van der Waals surface area contributed by atoms with Crippen LogP contribution in [0, 0.1) is 34.5 Å². The number of oxime groups is 1. The second kappa shape index (κ2) is 7.31. The van der Waals surface area contributed by atoms with E-state index in [1.54, 1.807) is 0 Å². The molecule has 0 radical (unpaired) electrons. The SMILES string of the molecule is C/C(=N\OCCBr)[C@H]1CC[C@H]2[C@@H]3CCC4=CC(=O)CC[C@]4(C)[C@H]3CC[C@]12C. The highest BCUT2D eigenvalue weighted by Gasteiger charge is 2.59. The van der Waals surface area contributed by atoms with Gasteiger partial charge in [-0.25, -0.2) is 0 Å². The summed E-state index contributed by atoms with van der Waals surface area (Å²) in [5.74, 6) is 3.32. The van der Waals surface area contributed by atoms with E-state index in [-0.39, 0.29) is 5.41 Å². The first-order chi connectivity index (χ1) is 12.9. The molecule has 4 aliphatic rings. The van der Waals surface area contributed by atoms with Gasteiger partial charge in [-0.3, -0.25) is 4.79 Å². The number of fused-ring (bicyclic) bond motifs is 5. The first kappa shape index (κ1) is 19.7. The highest BCUT2D eigenvalue weighted by atomic mass is 79.9. The van der Waals surface area contributed by atoms with Gasteiger partial charge in [0.05, 0.1) is 5.71 Å². The van der Waals surface area contributed by atoms with Crippen molar-refractivity contribution in [3.63, 3.8) is 0 Å². The molecule has 3 nitrogen and oxygen atoms in total. The van der Waals surface area contributed by atoms with E-state index >= 15 is 0 Å². The lowest BCUT2D eigenvalue weighted by atomic mass is 9.46. The van der Waals surface area contributed by atoms with Gasteiger partial charge in [-0.1, -0.05) is 40.5 Å². The van der Waals surface area contributed by atoms with Crippen molar-refractivity contribution in [2.24, 2.45) is 39.7 Å². The van der Waals surface area contributed by atoms with E-state index in [1.807, 2.05) is 6.08 Å². The van der Waals surface area contributed by atoms with Gasteiger partial charge >= 0.3 is 0 Å². The molecule has 4 rings (SSSR count). The first-order valence-corrected chi connectivity index (χ1v) is 12.0. The Labute approximate surface area is 172 Å². The van der Waals surface area contributed by atoms with E-state index in [9.17, 15) is 4.79 Å². The Morgan fingerprint density at radius 3 is 2.78 bits per heavy atom. The molecule has 0 aromatic carbocycles. The lowest BCUT2D eigenvalue weighted by molar-refractivity contribution is -0.117. The Hall–Kier alpha value is -0.640. The van der Waals surface area contributed by atoms with Crippen molar-refractivity contribution in [2.45, 2.75) is 72.1 Å². The molecule has 0 saturated heterocycles. The molecule has 0 N–H and O–H groups in total. The third-order valence-corrected chi connectivity index (χ3v) is 9.17. The van der Waals surface area contributed by atoms with Crippen LogP contribution in [0.3, 0.4) is 0 Å². The number of nitrogens with zero attached hydrogens (tertiary/aromatic N) is 1. The maximum atomic E-state index is 12.0. The zero-order valence-electron chi connectivity index (χ0n) is 17.1. The highest BCUT2D eigenvalue weighted by molar-refractivity contribution is 9.09.